The molecule has 2 nitrogen and oxygen atoms in total. The predicted octanol–water partition coefficient (Wildman–Crippen LogP) is 0.874. The smallest absolute Gasteiger partial charge is 0.253 e. The molecule has 0 saturated carbocycles. The lowest BCUT2D eigenvalue weighted by molar-refractivity contribution is 0.112. The van der Waals surface area contributed by atoms with Crippen LogP contribution in [0.4, 0.5) is 8.78 Å². The van der Waals surface area contributed by atoms with Crippen molar-refractivity contribution in [2.75, 3.05) is 6.54 Å². The van der Waals surface area contributed by atoms with Gasteiger partial charge in [0.15, 0.2) is 0 Å². The van der Waals surface area contributed by atoms with Gasteiger partial charge in [0.25, 0.3) is 6.43 Å². The van der Waals surface area contributed by atoms with E-state index in [-0.39, 0.29) is 6.42 Å². The van der Waals surface area contributed by atoms with E-state index in [4.69, 9.17) is 11.5 Å². The summed E-state index contributed by atoms with van der Waals surface area (Å²) in [5.74, 6) is 0. The van der Waals surface area contributed by atoms with Crippen molar-refractivity contribution in [1.29, 1.82) is 0 Å². The molecule has 0 aromatic heterocycles. The molecule has 11 heavy (non-hydrogen) atoms. The molecular weight excluding hydrogens is 150 g/mol. The normalized spacial score (nSPS) is 13.5. The van der Waals surface area contributed by atoms with Crippen LogP contribution in [0.2, 0.25) is 0 Å². The van der Waals surface area contributed by atoms with Gasteiger partial charge in [0.1, 0.15) is 0 Å². The van der Waals surface area contributed by atoms with Gasteiger partial charge >= 0.3 is 0 Å². The Labute approximate surface area is 65.3 Å². The zero-order chi connectivity index (χ0) is 8.85. The van der Waals surface area contributed by atoms with E-state index in [0.717, 1.165) is 5.57 Å². The fourth-order valence-electron chi connectivity index (χ4n) is 0.599. The highest BCUT2D eigenvalue weighted by molar-refractivity contribution is 4.95. The summed E-state index contributed by atoms with van der Waals surface area (Å²) >= 11 is 0. The van der Waals surface area contributed by atoms with Crippen molar-refractivity contribution in [2.24, 2.45) is 11.5 Å². The van der Waals surface area contributed by atoms with Crippen LogP contribution < -0.4 is 11.5 Å². The first-order valence-corrected chi connectivity index (χ1v) is 3.48. The summed E-state index contributed by atoms with van der Waals surface area (Å²) in [6.07, 6.45) is -1.70. The molecule has 1 unspecified atom stereocenters. The number of hydrogen-bond donors (Lipinski definition) is 2. The Hall–Kier alpha value is -0.480. The quantitative estimate of drug-likeness (QED) is 0.592. The highest BCUT2D eigenvalue weighted by atomic mass is 19.3. The Morgan fingerprint density at radius 2 is 2.00 bits per heavy atom. The number of nitrogens with two attached hydrogens (primary N) is 2. The van der Waals surface area contributed by atoms with Crippen molar-refractivity contribution in [3.05, 3.63) is 12.2 Å². The third-order valence-electron chi connectivity index (χ3n) is 1.44. The summed E-state index contributed by atoms with van der Waals surface area (Å²) in [6, 6.07) is -1.04. The van der Waals surface area contributed by atoms with Crippen LogP contribution in [-0.4, -0.2) is 19.0 Å². The molecule has 0 spiro atoms. The van der Waals surface area contributed by atoms with E-state index in [9.17, 15) is 8.78 Å². The van der Waals surface area contributed by atoms with E-state index in [2.05, 4.69) is 6.58 Å². The van der Waals surface area contributed by atoms with Gasteiger partial charge in [0, 0.05) is 6.54 Å². The Morgan fingerprint density at radius 3 is 2.36 bits per heavy atom. The first-order valence-electron chi connectivity index (χ1n) is 3.48. The molecule has 0 bridgehead atoms. The fraction of sp³-hybridized carbons (Fsp3) is 0.714. The lowest BCUT2D eigenvalue weighted by atomic mass is 10.1. The molecule has 0 fully saturated rings. The minimum atomic E-state index is -2.44. The van der Waals surface area contributed by atoms with E-state index < -0.39 is 12.5 Å². The van der Waals surface area contributed by atoms with Crippen molar-refractivity contribution in [2.45, 2.75) is 25.3 Å². The lowest BCUT2D eigenvalue weighted by Gasteiger charge is -2.09. The highest BCUT2D eigenvalue weighted by Crippen LogP contribution is 2.08. The van der Waals surface area contributed by atoms with Gasteiger partial charge in [-0.25, -0.2) is 8.78 Å². The molecule has 0 aliphatic carbocycles. The summed E-state index contributed by atoms with van der Waals surface area (Å²) in [6.45, 7) is 3.92. The van der Waals surface area contributed by atoms with Crippen LogP contribution in [0.25, 0.3) is 0 Å². The summed E-state index contributed by atoms with van der Waals surface area (Å²) in [5.41, 5.74) is 11.1. The van der Waals surface area contributed by atoms with Crippen LogP contribution in [0.5, 0.6) is 0 Å². The molecule has 0 radical (unpaired) electrons. The molecule has 0 aliphatic rings. The van der Waals surface area contributed by atoms with E-state index >= 15 is 0 Å². The maximum Gasteiger partial charge on any atom is 0.253 e. The average molecular weight is 164 g/mol. The van der Waals surface area contributed by atoms with Crippen LogP contribution in [0.1, 0.15) is 12.8 Å². The second kappa shape index (κ2) is 5.21. The Balaban J connectivity index is 3.45. The monoisotopic (exact) mass is 164 g/mol. The van der Waals surface area contributed by atoms with E-state index in [0.29, 0.717) is 13.0 Å². The van der Waals surface area contributed by atoms with Crippen molar-refractivity contribution in [1.82, 2.24) is 0 Å². The van der Waals surface area contributed by atoms with Crippen molar-refractivity contribution in [3.63, 3.8) is 0 Å². The topological polar surface area (TPSA) is 52.0 Å². The second-order valence-electron chi connectivity index (χ2n) is 2.49. The van der Waals surface area contributed by atoms with Gasteiger partial charge in [0.2, 0.25) is 0 Å². The average Bonchev–Trinajstić information content (AvgIpc) is 1.99. The first-order chi connectivity index (χ1) is 5.07. The second-order valence-corrected chi connectivity index (χ2v) is 2.49. The fourth-order valence-corrected chi connectivity index (χ4v) is 0.599. The van der Waals surface area contributed by atoms with Crippen LogP contribution >= 0.6 is 0 Å². The molecule has 0 saturated heterocycles. The van der Waals surface area contributed by atoms with Gasteiger partial charge in [-0.2, -0.15) is 0 Å². The highest BCUT2D eigenvalue weighted by Gasteiger charge is 2.14. The molecule has 0 aromatic rings. The molecule has 0 heterocycles. The van der Waals surface area contributed by atoms with E-state index in [1.54, 1.807) is 0 Å². The third kappa shape index (κ3) is 4.86. The van der Waals surface area contributed by atoms with Crippen LogP contribution in [0.3, 0.4) is 0 Å². The first kappa shape index (κ1) is 10.5. The summed E-state index contributed by atoms with van der Waals surface area (Å²) in [7, 11) is 0. The summed E-state index contributed by atoms with van der Waals surface area (Å²) in [4.78, 5) is 0. The maximum absolute atomic E-state index is 11.8. The summed E-state index contributed by atoms with van der Waals surface area (Å²) in [5, 5.41) is 0. The van der Waals surface area contributed by atoms with E-state index in [1.165, 1.54) is 0 Å². The molecule has 66 valence electrons. The molecule has 0 rings (SSSR count). The van der Waals surface area contributed by atoms with Crippen molar-refractivity contribution in [3.8, 4) is 0 Å². The summed E-state index contributed by atoms with van der Waals surface area (Å²) < 4.78 is 23.6. The van der Waals surface area contributed by atoms with Gasteiger partial charge < -0.3 is 11.5 Å². The van der Waals surface area contributed by atoms with Gasteiger partial charge in [0.05, 0.1) is 6.04 Å². The Morgan fingerprint density at radius 1 is 1.45 bits per heavy atom. The molecule has 1 atom stereocenters. The van der Waals surface area contributed by atoms with Gasteiger partial charge in [-0.05, 0) is 12.8 Å². The largest absolute Gasteiger partial charge is 0.327 e. The van der Waals surface area contributed by atoms with Crippen LogP contribution in [-0.2, 0) is 0 Å². The molecule has 4 N–H and O–H groups in total. The zero-order valence-corrected chi connectivity index (χ0v) is 6.39. The third-order valence-corrected chi connectivity index (χ3v) is 1.44. The zero-order valence-electron chi connectivity index (χ0n) is 6.39. The Kier molecular flexibility index (Phi) is 4.98. The molecular formula is C7H14F2N2. The van der Waals surface area contributed by atoms with Crippen LogP contribution in [0, 0.1) is 0 Å². The van der Waals surface area contributed by atoms with E-state index in [1.807, 2.05) is 0 Å². The number of alkyl halides is 2. The lowest BCUT2D eigenvalue weighted by Crippen LogP contribution is -2.28. The SMILES string of the molecule is C=C(CN)CCC(N)C(F)F. The molecule has 0 aliphatic heterocycles. The molecule has 4 heteroatoms. The minimum Gasteiger partial charge on any atom is -0.327 e. The number of hydrogen-bond acceptors (Lipinski definition) is 2. The van der Waals surface area contributed by atoms with Crippen molar-refractivity contribution < 1.29 is 8.78 Å². The van der Waals surface area contributed by atoms with Crippen molar-refractivity contribution >= 4 is 0 Å². The number of halogens is 2. The predicted molar refractivity (Wildman–Crippen MR) is 41.4 cm³/mol. The Bertz CT molecular complexity index is 126. The maximum atomic E-state index is 11.8. The standard InChI is InChI=1S/C7H14F2N2/c1-5(4-10)2-3-6(11)7(8)9/h6-7H,1-4,10-11H2. The molecule has 0 aromatic carbocycles. The van der Waals surface area contributed by atoms with Gasteiger partial charge in [-0.15, -0.1) is 0 Å². The van der Waals surface area contributed by atoms with Gasteiger partial charge in [-0.3, -0.25) is 0 Å². The van der Waals surface area contributed by atoms with Crippen LogP contribution in [0.15, 0.2) is 12.2 Å². The molecule has 0 amide bonds. The minimum absolute atomic E-state index is 0.258. The number of rotatable bonds is 5. The van der Waals surface area contributed by atoms with Gasteiger partial charge in [-0.1, -0.05) is 12.2 Å².